The first-order valence-corrected chi connectivity index (χ1v) is 8.58. The van der Waals surface area contributed by atoms with Gasteiger partial charge in [-0.15, -0.1) is 0 Å². The number of aliphatic hydroxyl groups is 1. The number of aliphatic hydroxyl groups excluding tert-OH is 1. The minimum absolute atomic E-state index is 0.0283. The molecule has 1 aliphatic rings. The van der Waals surface area contributed by atoms with Crippen LogP contribution >= 0.6 is 0 Å². The fourth-order valence-corrected chi connectivity index (χ4v) is 3.36. The number of sulfone groups is 1. The van der Waals surface area contributed by atoms with Gasteiger partial charge >= 0.3 is 6.18 Å². The van der Waals surface area contributed by atoms with Gasteiger partial charge in [-0.1, -0.05) is 6.42 Å². The van der Waals surface area contributed by atoms with E-state index in [4.69, 9.17) is 0 Å². The van der Waals surface area contributed by atoms with Crippen molar-refractivity contribution in [3.05, 3.63) is 0 Å². The summed E-state index contributed by atoms with van der Waals surface area (Å²) in [6, 6.07) is 0. The van der Waals surface area contributed by atoms with E-state index in [2.05, 4.69) is 0 Å². The van der Waals surface area contributed by atoms with Gasteiger partial charge in [0.1, 0.15) is 9.84 Å². The maximum Gasteiger partial charge on any atom is 0.391 e. The zero-order valence-electron chi connectivity index (χ0n) is 11.0. The first-order valence-electron chi connectivity index (χ1n) is 6.52. The Balaban J connectivity index is 2.42. The van der Waals surface area contributed by atoms with E-state index in [1.54, 1.807) is 0 Å². The Morgan fingerprint density at radius 2 is 1.95 bits per heavy atom. The molecule has 0 bridgehead atoms. The maximum absolute atomic E-state index is 12.6. The van der Waals surface area contributed by atoms with Gasteiger partial charge in [0, 0.05) is 12.0 Å². The van der Waals surface area contributed by atoms with Crippen LogP contribution in [0.15, 0.2) is 0 Å². The van der Waals surface area contributed by atoms with E-state index in [0.29, 0.717) is 19.3 Å². The molecule has 19 heavy (non-hydrogen) atoms. The summed E-state index contributed by atoms with van der Waals surface area (Å²) in [5.74, 6) is -1.71. The average Bonchev–Trinajstić information content (AvgIpc) is 2.26. The Kier molecular flexibility index (Phi) is 5.67. The van der Waals surface area contributed by atoms with E-state index in [0.717, 1.165) is 6.26 Å². The summed E-state index contributed by atoms with van der Waals surface area (Å²) in [6.07, 6.45) is -2.20. The summed E-state index contributed by atoms with van der Waals surface area (Å²) in [5.41, 5.74) is 0. The molecule has 7 heteroatoms. The zero-order valence-corrected chi connectivity index (χ0v) is 11.8. The molecule has 0 aromatic heterocycles. The van der Waals surface area contributed by atoms with Crippen LogP contribution < -0.4 is 0 Å². The van der Waals surface area contributed by atoms with Crippen molar-refractivity contribution >= 4 is 9.84 Å². The molecule has 0 heterocycles. The number of halogens is 3. The Bertz CT molecular complexity index is 378. The van der Waals surface area contributed by atoms with Gasteiger partial charge in [-0.05, 0) is 38.0 Å². The topological polar surface area (TPSA) is 54.4 Å². The van der Waals surface area contributed by atoms with Gasteiger partial charge in [-0.2, -0.15) is 13.2 Å². The van der Waals surface area contributed by atoms with Crippen molar-refractivity contribution in [1.29, 1.82) is 0 Å². The summed E-state index contributed by atoms with van der Waals surface area (Å²) in [4.78, 5) is 0. The molecular weight excluding hydrogens is 281 g/mol. The Morgan fingerprint density at radius 1 is 1.32 bits per heavy atom. The number of alkyl halides is 3. The molecular formula is C12H21F3O3S. The largest absolute Gasteiger partial charge is 0.393 e. The summed E-state index contributed by atoms with van der Waals surface area (Å²) in [7, 11) is -3.08. The van der Waals surface area contributed by atoms with Gasteiger partial charge in [0.15, 0.2) is 0 Å². The van der Waals surface area contributed by atoms with Crippen LogP contribution in [0, 0.1) is 11.8 Å². The lowest BCUT2D eigenvalue weighted by molar-refractivity contribution is -0.188. The minimum Gasteiger partial charge on any atom is -0.393 e. The van der Waals surface area contributed by atoms with Gasteiger partial charge in [-0.25, -0.2) is 8.42 Å². The van der Waals surface area contributed by atoms with E-state index in [-0.39, 0.29) is 30.9 Å². The van der Waals surface area contributed by atoms with Crippen LogP contribution in [0.25, 0.3) is 0 Å². The van der Waals surface area contributed by atoms with Crippen molar-refractivity contribution in [2.24, 2.45) is 11.8 Å². The lowest BCUT2D eigenvalue weighted by atomic mass is 9.77. The normalized spacial score (nSPS) is 27.2. The van der Waals surface area contributed by atoms with Crippen LogP contribution in [0.2, 0.25) is 0 Å². The Labute approximate surface area is 112 Å². The lowest BCUT2D eigenvalue weighted by Crippen LogP contribution is -2.33. The number of hydrogen-bond donors (Lipinski definition) is 1. The highest BCUT2D eigenvalue weighted by Gasteiger charge is 2.43. The molecule has 0 amide bonds. The van der Waals surface area contributed by atoms with Gasteiger partial charge in [0.05, 0.1) is 12.0 Å². The summed E-state index contributed by atoms with van der Waals surface area (Å²) in [6.45, 7) is 0. The molecule has 0 aromatic carbocycles. The Morgan fingerprint density at radius 3 is 2.47 bits per heavy atom. The Hall–Kier alpha value is -0.300. The molecule has 0 aliphatic heterocycles. The van der Waals surface area contributed by atoms with Crippen molar-refractivity contribution < 1.29 is 26.7 Å². The number of hydrogen-bond acceptors (Lipinski definition) is 3. The van der Waals surface area contributed by atoms with E-state index in [1.165, 1.54) is 0 Å². The van der Waals surface area contributed by atoms with Crippen LogP contribution in [0.3, 0.4) is 0 Å². The third-order valence-electron chi connectivity index (χ3n) is 3.74. The van der Waals surface area contributed by atoms with Gasteiger partial charge in [0.2, 0.25) is 0 Å². The molecule has 1 rings (SSSR count). The smallest absolute Gasteiger partial charge is 0.391 e. The predicted octanol–water partition coefficient (Wildman–Crippen LogP) is 2.54. The van der Waals surface area contributed by atoms with Gasteiger partial charge < -0.3 is 5.11 Å². The summed E-state index contributed by atoms with van der Waals surface area (Å²) >= 11 is 0. The first kappa shape index (κ1) is 16.8. The molecule has 1 aliphatic carbocycles. The van der Waals surface area contributed by atoms with Gasteiger partial charge in [0.25, 0.3) is 0 Å². The summed E-state index contributed by atoms with van der Waals surface area (Å²) < 4.78 is 59.8. The second-order valence-corrected chi connectivity index (χ2v) is 7.76. The highest BCUT2D eigenvalue weighted by Crippen LogP contribution is 2.41. The molecule has 0 spiro atoms. The molecule has 0 aromatic rings. The average molecular weight is 302 g/mol. The number of rotatable bonds is 5. The van der Waals surface area contributed by atoms with Crippen LogP contribution in [0.4, 0.5) is 13.2 Å². The van der Waals surface area contributed by atoms with E-state index >= 15 is 0 Å². The van der Waals surface area contributed by atoms with Crippen molar-refractivity contribution in [2.45, 2.75) is 50.8 Å². The lowest BCUT2D eigenvalue weighted by Gasteiger charge is -2.33. The molecule has 1 fully saturated rings. The monoisotopic (exact) mass is 302 g/mol. The van der Waals surface area contributed by atoms with E-state index < -0.39 is 28.0 Å². The SMILES string of the molecule is CS(=O)(=O)CCCC(O)C1CCCC(C(F)(F)F)C1. The van der Waals surface area contributed by atoms with Gasteiger partial charge in [-0.3, -0.25) is 0 Å². The molecule has 3 atom stereocenters. The fourth-order valence-electron chi connectivity index (χ4n) is 2.66. The molecule has 3 nitrogen and oxygen atoms in total. The summed E-state index contributed by atoms with van der Waals surface area (Å²) in [5, 5.41) is 9.89. The molecule has 1 saturated carbocycles. The van der Waals surface area contributed by atoms with Crippen molar-refractivity contribution in [1.82, 2.24) is 0 Å². The molecule has 0 radical (unpaired) electrons. The van der Waals surface area contributed by atoms with Crippen molar-refractivity contribution in [3.63, 3.8) is 0 Å². The molecule has 3 unspecified atom stereocenters. The molecule has 114 valence electrons. The second kappa shape index (κ2) is 6.43. The zero-order chi connectivity index (χ0) is 14.7. The van der Waals surface area contributed by atoms with Crippen LogP contribution in [-0.4, -0.2) is 37.8 Å². The van der Waals surface area contributed by atoms with Crippen LogP contribution in [0.1, 0.15) is 38.5 Å². The van der Waals surface area contributed by atoms with Crippen molar-refractivity contribution in [2.75, 3.05) is 12.0 Å². The predicted molar refractivity (Wildman–Crippen MR) is 66.5 cm³/mol. The minimum atomic E-state index is -4.19. The highest BCUT2D eigenvalue weighted by atomic mass is 32.2. The first-order chi connectivity index (χ1) is 8.59. The molecule has 0 saturated heterocycles. The second-order valence-electron chi connectivity index (χ2n) is 5.50. The standard InChI is InChI=1S/C12H21F3O3S/c1-19(17,18)7-3-6-11(16)9-4-2-5-10(8-9)12(13,14)15/h9-11,16H,2-8H2,1H3. The maximum atomic E-state index is 12.6. The highest BCUT2D eigenvalue weighted by molar-refractivity contribution is 7.90. The van der Waals surface area contributed by atoms with E-state index in [9.17, 15) is 26.7 Å². The van der Waals surface area contributed by atoms with E-state index in [1.807, 2.05) is 0 Å². The third kappa shape index (κ3) is 6.12. The van der Waals surface area contributed by atoms with Crippen molar-refractivity contribution in [3.8, 4) is 0 Å². The van der Waals surface area contributed by atoms with Crippen LogP contribution in [0.5, 0.6) is 0 Å². The fraction of sp³-hybridized carbons (Fsp3) is 1.00. The third-order valence-corrected chi connectivity index (χ3v) is 4.77. The van der Waals surface area contributed by atoms with Crippen LogP contribution in [-0.2, 0) is 9.84 Å². The quantitative estimate of drug-likeness (QED) is 0.849. The molecule has 1 N–H and O–H groups in total.